The number of rotatable bonds is 6. The Balaban J connectivity index is 3.29. The summed E-state index contributed by atoms with van der Waals surface area (Å²) >= 11 is 0. The van der Waals surface area contributed by atoms with Crippen molar-refractivity contribution in [3.63, 3.8) is 0 Å². The van der Waals surface area contributed by atoms with E-state index in [-0.39, 0.29) is 6.61 Å². The molecule has 0 aromatic rings. The van der Waals surface area contributed by atoms with E-state index in [1.54, 1.807) is 0 Å². The Kier molecular flexibility index (Phi) is 7.23. The van der Waals surface area contributed by atoms with E-state index in [0.717, 1.165) is 25.8 Å². The number of aliphatic hydroxyl groups is 1. The lowest BCUT2D eigenvalue weighted by molar-refractivity contribution is 0.263. The van der Waals surface area contributed by atoms with Gasteiger partial charge < -0.3 is 10.4 Å². The topological polar surface area (TPSA) is 32.3 Å². The molecule has 2 heteroatoms. The molecule has 0 amide bonds. The molecule has 0 aromatic heterocycles. The van der Waals surface area contributed by atoms with Crippen molar-refractivity contribution in [2.45, 2.75) is 32.2 Å². The van der Waals surface area contributed by atoms with E-state index in [1.807, 2.05) is 0 Å². The zero-order valence-corrected chi connectivity index (χ0v) is 7.14. The van der Waals surface area contributed by atoms with Gasteiger partial charge in [0.15, 0.2) is 0 Å². The minimum atomic E-state index is 0.252. The van der Waals surface area contributed by atoms with E-state index in [2.05, 4.69) is 18.2 Å². The summed E-state index contributed by atoms with van der Waals surface area (Å²) in [6.07, 6.45) is 7.72. The highest BCUT2D eigenvalue weighted by molar-refractivity contribution is 4.84. The van der Waals surface area contributed by atoms with Crippen LogP contribution >= 0.6 is 0 Å². The van der Waals surface area contributed by atoms with Crippen LogP contribution in [0.15, 0.2) is 0 Å². The minimum absolute atomic E-state index is 0.252. The molecule has 2 N–H and O–H groups in total. The lowest BCUT2D eigenvalue weighted by Gasteiger charge is -2.13. The molecule has 2 nitrogen and oxygen atoms in total. The first-order valence-electron chi connectivity index (χ1n) is 4.12. The smallest absolute Gasteiger partial charge is 0.0445 e. The van der Waals surface area contributed by atoms with Crippen LogP contribution in [0.4, 0.5) is 0 Å². The van der Waals surface area contributed by atoms with Gasteiger partial charge in [-0.05, 0) is 12.8 Å². The molecule has 1 unspecified atom stereocenters. The predicted molar refractivity (Wildman–Crippen MR) is 47.2 cm³/mol. The summed E-state index contributed by atoms with van der Waals surface area (Å²) in [5, 5.41) is 11.9. The van der Waals surface area contributed by atoms with E-state index >= 15 is 0 Å². The van der Waals surface area contributed by atoms with Crippen molar-refractivity contribution in [1.82, 2.24) is 5.32 Å². The first-order valence-corrected chi connectivity index (χ1v) is 4.12. The van der Waals surface area contributed by atoms with Gasteiger partial charge in [-0.3, -0.25) is 0 Å². The summed E-state index contributed by atoms with van der Waals surface area (Å²) in [5.74, 6) is 2.56. The van der Waals surface area contributed by atoms with Crippen molar-refractivity contribution >= 4 is 0 Å². The Morgan fingerprint density at radius 3 is 2.82 bits per heavy atom. The van der Waals surface area contributed by atoms with E-state index in [0.29, 0.717) is 6.04 Å². The van der Waals surface area contributed by atoms with Crippen LogP contribution in [0, 0.1) is 12.3 Å². The van der Waals surface area contributed by atoms with Gasteiger partial charge in [0, 0.05) is 25.6 Å². The number of hydrogen-bond donors (Lipinski definition) is 2. The fraction of sp³-hybridized carbons (Fsp3) is 0.778. The normalized spacial score (nSPS) is 12.5. The number of nitrogens with one attached hydrogen (secondary N) is 1. The first kappa shape index (κ1) is 10.5. The summed E-state index contributed by atoms with van der Waals surface area (Å²) in [6.45, 7) is 3.21. The standard InChI is InChI=1S/C9H17NO/c1-3-5-7-10-9(4-2)6-8-11/h1,9-11H,4-8H2,2H3. The maximum atomic E-state index is 8.64. The van der Waals surface area contributed by atoms with Crippen molar-refractivity contribution in [1.29, 1.82) is 0 Å². The molecule has 0 radical (unpaired) electrons. The molecule has 11 heavy (non-hydrogen) atoms. The van der Waals surface area contributed by atoms with Crippen molar-refractivity contribution in [3.05, 3.63) is 0 Å². The molecule has 0 aliphatic heterocycles. The quantitative estimate of drug-likeness (QED) is 0.438. The molecule has 0 fully saturated rings. The molecule has 1 atom stereocenters. The van der Waals surface area contributed by atoms with Gasteiger partial charge in [-0.2, -0.15) is 0 Å². The van der Waals surface area contributed by atoms with Crippen LogP contribution in [-0.4, -0.2) is 24.3 Å². The van der Waals surface area contributed by atoms with Crippen molar-refractivity contribution < 1.29 is 5.11 Å². The zero-order chi connectivity index (χ0) is 8.53. The average molecular weight is 155 g/mol. The molecule has 0 aromatic carbocycles. The third-order valence-electron chi connectivity index (χ3n) is 1.67. The summed E-state index contributed by atoms with van der Waals surface area (Å²) < 4.78 is 0. The molecule has 64 valence electrons. The molecule has 0 bridgehead atoms. The van der Waals surface area contributed by atoms with E-state index in [4.69, 9.17) is 11.5 Å². The molecule has 0 aliphatic carbocycles. The van der Waals surface area contributed by atoms with E-state index < -0.39 is 0 Å². The second-order valence-electron chi connectivity index (χ2n) is 2.53. The third kappa shape index (κ3) is 5.90. The van der Waals surface area contributed by atoms with Crippen molar-refractivity contribution in [3.8, 4) is 12.3 Å². The molecule has 0 saturated carbocycles. The third-order valence-corrected chi connectivity index (χ3v) is 1.67. The monoisotopic (exact) mass is 155 g/mol. The molecule has 0 spiro atoms. The van der Waals surface area contributed by atoms with Gasteiger partial charge in [-0.1, -0.05) is 6.92 Å². The van der Waals surface area contributed by atoms with Gasteiger partial charge in [0.25, 0.3) is 0 Å². The lowest BCUT2D eigenvalue weighted by atomic mass is 10.1. The second-order valence-corrected chi connectivity index (χ2v) is 2.53. The van der Waals surface area contributed by atoms with Crippen molar-refractivity contribution in [2.75, 3.05) is 13.2 Å². The maximum Gasteiger partial charge on any atom is 0.0445 e. The van der Waals surface area contributed by atoms with Gasteiger partial charge in [0.05, 0.1) is 0 Å². The van der Waals surface area contributed by atoms with Gasteiger partial charge >= 0.3 is 0 Å². The van der Waals surface area contributed by atoms with Crippen molar-refractivity contribution in [2.24, 2.45) is 0 Å². The van der Waals surface area contributed by atoms with Crippen LogP contribution in [0.3, 0.4) is 0 Å². The fourth-order valence-electron chi connectivity index (χ4n) is 0.955. The van der Waals surface area contributed by atoms with E-state index in [9.17, 15) is 0 Å². The second kappa shape index (κ2) is 7.59. The summed E-state index contributed by atoms with van der Waals surface area (Å²) in [5.41, 5.74) is 0. The van der Waals surface area contributed by atoms with Crippen LogP contribution < -0.4 is 5.32 Å². The SMILES string of the molecule is C#CCCNC(CC)CCO. The van der Waals surface area contributed by atoms with Crippen LogP contribution in [0.5, 0.6) is 0 Å². The van der Waals surface area contributed by atoms with Crippen LogP contribution in [0.25, 0.3) is 0 Å². The Bertz CT molecular complexity index is 117. The molecule has 0 aliphatic rings. The lowest BCUT2D eigenvalue weighted by Crippen LogP contribution is -2.29. The zero-order valence-electron chi connectivity index (χ0n) is 7.14. The van der Waals surface area contributed by atoms with Gasteiger partial charge in [-0.25, -0.2) is 0 Å². The van der Waals surface area contributed by atoms with Crippen LogP contribution in [0.1, 0.15) is 26.2 Å². The van der Waals surface area contributed by atoms with Crippen LogP contribution in [0.2, 0.25) is 0 Å². The predicted octanol–water partition coefficient (Wildman–Crippen LogP) is 0.760. The Morgan fingerprint density at radius 1 is 1.64 bits per heavy atom. The highest BCUT2D eigenvalue weighted by Crippen LogP contribution is 1.95. The number of aliphatic hydroxyl groups excluding tert-OH is 1. The van der Waals surface area contributed by atoms with Gasteiger partial charge in [0.1, 0.15) is 0 Å². The molecule has 0 rings (SSSR count). The summed E-state index contributed by atoms with van der Waals surface area (Å²) in [6, 6.07) is 0.424. The largest absolute Gasteiger partial charge is 0.396 e. The van der Waals surface area contributed by atoms with Gasteiger partial charge in [-0.15, -0.1) is 12.3 Å². The van der Waals surface area contributed by atoms with E-state index in [1.165, 1.54) is 0 Å². The molecule has 0 saturated heterocycles. The maximum absolute atomic E-state index is 8.64. The Hall–Kier alpha value is -0.520. The minimum Gasteiger partial charge on any atom is -0.396 e. The van der Waals surface area contributed by atoms with Crippen LogP contribution in [-0.2, 0) is 0 Å². The highest BCUT2D eigenvalue weighted by Gasteiger charge is 2.01. The fourth-order valence-corrected chi connectivity index (χ4v) is 0.955. The highest BCUT2D eigenvalue weighted by atomic mass is 16.3. The Morgan fingerprint density at radius 2 is 2.36 bits per heavy atom. The molecular weight excluding hydrogens is 138 g/mol. The summed E-state index contributed by atoms with van der Waals surface area (Å²) in [7, 11) is 0. The number of hydrogen-bond acceptors (Lipinski definition) is 2. The first-order chi connectivity index (χ1) is 5.35. The number of terminal acetylenes is 1. The van der Waals surface area contributed by atoms with Gasteiger partial charge in [0.2, 0.25) is 0 Å². The molecule has 0 heterocycles. The summed E-state index contributed by atoms with van der Waals surface area (Å²) in [4.78, 5) is 0. The average Bonchev–Trinajstić information content (AvgIpc) is 2.03. The molecular formula is C9H17NO. The Labute approximate surface area is 69.0 Å².